The molecular weight excluding hydrogens is 316 g/mol. The quantitative estimate of drug-likeness (QED) is 0.582. The lowest BCUT2D eigenvalue weighted by Crippen LogP contribution is -2.51. The zero-order valence-electron chi connectivity index (χ0n) is 15.3. The van der Waals surface area contributed by atoms with E-state index in [1.165, 1.54) is 42.6 Å². The second kappa shape index (κ2) is 7.84. The van der Waals surface area contributed by atoms with Crippen LogP contribution in [-0.4, -0.2) is 22.6 Å². The van der Waals surface area contributed by atoms with Crippen LogP contribution in [0.4, 0.5) is 0 Å². The topological polar surface area (TPSA) is 12.9 Å². The highest BCUT2D eigenvalue weighted by Crippen LogP contribution is 2.34. The van der Waals surface area contributed by atoms with Crippen LogP contribution in [0.25, 0.3) is 0 Å². The molecule has 0 amide bonds. The number of piperidine rings is 1. The van der Waals surface area contributed by atoms with Crippen LogP contribution in [0, 0.1) is 0 Å². The highest BCUT2D eigenvalue weighted by Gasteiger charge is 2.34. The first-order valence-electron chi connectivity index (χ1n) is 9.66. The number of quaternary nitrogens is 1. The van der Waals surface area contributed by atoms with Gasteiger partial charge in [-0.2, -0.15) is 0 Å². The Bertz CT molecular complexity index is 748. The number of aromatic nitrogens is 1. The molecule has 2 heterocycles. The first-order chi connectivity index (χ1) is 12.8. The summed E-state index contributed by atoms with van der Waals surface area (Å²) in [5, 5.41) is 0. The van der Waals surface area contributed by atoms with Gasteiger partial charge < -0.3 is 4.48 Å². The van der Waals surface area contributed by atoms with Gasteiger partial charge in [0.25, 0.3) is 0 Å². The Hall–Kier alpha value is -2.45. The SMILES string of the molecule is c1ccc(C[N+]2(Cc3ccccc3)CCC(c3ccncc3)CC2)cc1. The molecule has 2 aromatic carbocycles. The number of benzene rings is 2. The minimum atomic E-state index is 0.677. The van der Waals surface area contributed by atoms with Gasteiger partial charge in [-0.3, -0.25) is 4.98 Å². The minimum absolute atomic E-state index is 0.677. The van der Waals surface area contributed by atoms with Gasteiger partial charge in [-0.25, -0.2) is 0 Å². The molecule has 2 nitrogen and oxygen atoms in total. The average Bonchev–Trinajstić information content (AvgIpc) is 2.71. The van der Waals surface area contributed by atoms with Crippen LogP contribution in [0.3, 0.4) is 0 Å². The lowest BCUT2D eigenvalue weighted by molar-refractivity contribution is -0.958. The molecule has 0 N–H and O–H groups in total. The molecule has 132 valence electrons. The Morgan fingerprint density at radius 3 is 1.69 bits per heavy atom. The van der Waals surface area contributed by atoms with Gasteiger partial charge >= 0.3 is 0 Å². The normalized spacial score (nSPS) is 17.1. The molecule has 0 radical (unpaired) electrons. The van der Waals surface area contributed by atoms with Gasteiger partial charge in [0.15, 0.2) is 0 Å². The highest BCUT2D eigenvalue weighted by molar-refractivity contribution is 5.18. The fraction of sp³-hybridized carbons (Fsp3) is 0.292. The van der Waals surface area contributed by atoms with Gasteiger partial charge in [-0.1, -0.05) is 60.7 Å². The number of pyridine rings is 1. The molecule has 1 aliphatic rings. The van der Waals surface area contributed by atoms with E-state index in [4.69, 9.17) is 0 Å². The van der Waals surface area contributed by atoms with E-state index in [0.29, 0.717) is 5.92 Å². The molecule has 4 rings (SSSR count). The Kier molecular flexibility index (Phi) is 5.12. The maximum absolute atomic E-state index is 4.18. The molecule has 1 saturated heterocycles. The largest absolute Gasteiger partial charge is 0.316 e. The van der Waals surface area contributed by atoms with E-state index in [1.807, 2.05) is 12.4 Å². The molecule has 1 aliphatic heterocycles. The molecule has 26 heavy (non-hydrogen) atoms. The zero-order chi connectivity index (χ0) is 17.7. The van der Waals surface area contributed by atoms with Crippen LogP contribution < -0.4 is 0 Å². The molecule has 2 heteroatoms. The van der Waals surface area contributed by atoms with E-state index in [-0.39, 0.29) is 0 Å². The summed E-state index contributed by atoms with van der Waals surface area (Å²) in [6.07, 6.45) is 6.37. The summed E-state index contributed by atoms with van der Waals surface area (Å²) in [6.45, 7) is 4.71. The number of likely N-dealkylation sites (tertiary alicyclic amines) is 1. The monoisotopic (exact) mass is 343 g/mol. The average molecular weight is 343 g/mol. The number of nitrogens with zero attached hydrogens (tertiary/aromatic N) is 2. The summed E-state index contributed by atoms with van der Waals surface area (Å²) in [6, 6.07) is 26.4. The van der Waals surface area contributed by atoms with Crippen molar-refractivity contribution in [3.63, 3.8) is 0 Å². The van der Waals surface area contributed by atoms with Gasteiger partial charge in [-0.15, -0.1) is 0 Å². The van der Waals surface area contributed by atoms with Crippen LogP contribution in [0.2, 0.25) is 0 Å². The fourth-order valence-electron chi connectivity index (χ4n) is 4.40. The van der Waals surface area contributed by atoms with Crippen LogP contribution in [0.5, 0.6) is 0 Å². The summed E-state index contributed by atoms with van der Waals surface area (Å²) in [4.78, 5) is 4.18. The van der Waals surface area contributed by atoms with E-state index in [0.717, 1.165) is 17.6 Å². The standard InChI is InChI=1S/C24H27N2/c1-3-7-21(8-4-1)19-26(20-22-9-5-2-6-10-22)17-13-24(14-18-26)23-11-15-25-16-12-23/h1-12,15-16,24H,13-14,17-20H2/q+1. The summed E-state index contributed by atoms with van der Waals surface area (Å²) < 4.78 is 1.16. The molecule has 0 bridgehead atoms. The van der Waals surface area contributed by atoms with E-state index in [9.17, 15) is 0 Å². The lowest BCUT2D eigenvalue weighted by Gasteiger charge is -2.44. The summed E-state index contributed by atoms with van der Waals surface area (Å²) >= 11 is 0. The van der Waals surface area contributed by atoms with Gasteiger partial charge in [0, 0.05) is 36.4 Å². The van der Waals surface area contributed by atoms with Crippen molar-refractivity contribution in [2.45, 2.75) is 31.8 Å². The predicted molar refractivity (Wildman–Crippen MR) is 106 cm³/mol. The number of hydrogen-bond acceptors (Lipinski definition) is 1. The first kappa shape index (κ1) is 17.0. The van der Waals surface area contributed by atoms with Crippen LogP contribution in [0.1, 0.15) is 35.4 Å². The zero-order valence-corrected chi connectivity index (χ0v) is 15.3. The number of rotatable bonds is 5. The minimum Gasteiger partial charge on any atom is -0.316 e. The highest BCUT2D eigenvalue weighted by atomic mass is 15.4. The van der Waals surface area contributed by atoms with Crippen molar-refractivity contribution in [3.8, 4) is 0 Å². The molecular formula is C24H27N2+. The van der Waals surface area contributed by atoms with Crippen molar-refractivity contribution in [2.75, 3.05) is 13.1 Å². The van der Waals surface area contributed by atoms with Crippen molar-refractivity contribution in [1.29, 1.82) is 0 Å². The Balaban J connectivity index is 1.54. The van der Waals surface area contributed by atoms with Gasteiger partial charge in [0.1, 0.15) is 13.1 Å². The molecule has 0 aliphatic carbocycles. The van der Waals surface area contributed by atoms with Crippen LogP contribution in [-0.2, 0) is 13.1 Å². The molecule has 1 aromatic heterocycles. The van der Waals surface area contributed by atoms with Crippen LogP contribution >= 0.6 is 0 Å². The second-order valence-corrected chi connectivity index (χ2v) is 7.63. The van der Waals surface area contributed by atoms with Crippen LogP contribution in [0.15, 0.2) is 85.2 Å². The first-order valence-corrected chi connectivity index (χ1v) is 9.66. The third-order valence-corrected chi connectivity index (χ3v) is 5.80. The van der Waals surface area contributed by atoms with E-state index < -0.39 is 0 Å². The predicted octanol–water partition coefficient (Wildman–Crippen LogP) is 5.18. The molecule has 0 atom stereocenters. The molecule has 1 fully saturated rings. The van der Waals surface area contributed by atoms with Crippen molar-refractivity contribution in [2.24, 2.45) is 0 Å². The number of hydrogen-bond donors (Lipinski definition) is 0. The maximum atomic E-state index is 4.18. The van der Waals surface area contributed by atoms with Gasteiger partial charge in [0.05, 0.1) is 13.1 Å². The van der Waals surface area contributed by atoms with E-state index in [2.05, 4.69) is 77.8 Å². The van der Waals surface area contributed by atoms with Crippen molar-refractivity contribution in [1.82, 2.24) is 4.98 Å². The van der Waals surface area contributed by atoms with E-state index >= 15 is 0 Å². The Labute approximate surface area is 156 Å². The Morgan fingerprint density at radius 1 is 0.692 bits per heavy atom. The van der Waals surface area contributed by atoms with E-state index in [1.54, 1.807) is 0 Å². The van der Waals surface area contributed by atoms with Gasteiger partial charge in [0.2, 0.25) is 0 Å². The Morgan fingerprint density at radius 2 is 1.19 bits per heavy atom. The lowest BCUT2D eigenvalue weighted by atomic mass is 9.88. The molecule has 0 saturated carbocycles. The third-order valence-electron chi connectivity index (χ3n) is 5.80. The van der Waals surface area contributed by atoms with Crippen molar-refractivity contribution < 1.29 is 4.48 Å². The summed E-state index contributed by atoms with van der Waals surface area (Å²) in [7, 11) is 0. The van der Waals surface area contributed by atoms with Gasteiger partial charge in [-0.05, 0) is 23.6 Å². The molecule has 0 unspecified atom stereocenters. The smallest absolute Gasteiger partial charge is 0.105 e. The molecule has 0 spiro atoms. The third kappa shape index (κ3) is 4.03. The summed E-state index contributed by atoms with van der Waals surface area (Å²) in [5.41, 5.74) is 4.36. The molecule has 3 aromatic rings. The second-order valence-electron chi connectivity index (χ2n) is 7.63. The van der Waals surface area contributed by atoms with Crippen molar-refractivity contribution >= 4 is 0 Å². The van der Waals surface area contributed by atoms with Crippen molar-refractivity contribution in [3.05, 3.63) is 102 Å². The summed E-state index contributed by atoms with van der Waals surface area (Å²) in [5.74, 6) is 0.677. The maximum Gasteiger partial charge on any atom is 0.105 e. The fourth-order valence-corrected chi connectivity index (χ4v) is 4.40.